The van der Waals surface area contributed by atoms with Gasteiger partial charge in [0.25, 0.3) is 0 Å². The number of benzene rings is 2. The van der Waals surface area contributed by atoms with Crippen molar-refractivity contribution in [2.24, 2.45) is 10.2 Å². The van der Waals surface area contributed by atoms with Crippen LogP contribution in [0.15, 0.2) is 76.3 Å². The van der Waals surface area contributed by atoms with Crippen molar-refractivity contribution in [3.8, 4) is 5.75 Å². The summed E-state index contributed by atoms with van der Waals surface area (Å²) in [5, 5.41) is 8.14. The van der Waals surface area contributed by atoms with Crippen LogP contribution in [0.2, 0.25) is 0 Å². The van der Waals surface area contributed by atoms with E-state index in [4.69, 9.17) is 9.47 Å². The smallest absolute Gasteiger partial charge is 0.330 e. The van der Waals surface area contributed by atoms with Crippen molar-refractivity contribution < 1.29 is 22.7 Å². The molecule has 0 aromatic heterocycles. The largest absolute Gasteiger partial charge is 0.490 e. The number of ether oxygens (including phenoxy) is 2. The predicted octanol–water partition coefficient (Wildman–Crippen LogP) is 3.61. The summed E-state index contributed by atoms with van der Waals surface area (Å²) in [5.41, 5.74) is 1.16. The maximum Gasteiger partial charge on any atom is 0.330 e. The van der Waals surface area contributed by atoms with Crippen molar-refractivity contribution in [1.82, 2.24) is 0 Å². The first-order valence-corrected chi connectivity index (χ1v) is 9.51. The van der Waals surface area contributed by atoms with E-state index in [0.29, 0.717) is 17.1 Å². The lowest BCUT2D eigenvalue weighted by molar-refractivity contribution is -0.138. The Morgan fingerprint density at radius 3 is 2.04 bits per heavy atom. The van der Waals surface area contributed by atoms with Gasteiger partial charge in [0.2, 0.25) is 0 Å². The fraction of sp³-hybridized carbons (Fsp3) is 0.167. The minimum Gasteiger partial charge on any atom is -0.490 e. The van der Waals surface area contributed by atoms with Gasteiger partial charge in [0.15, 0.2) is 9.84 Å². The number of hydrogen-bond acceptors (Lipinski definition) is 7. The monoisotopic (exact) mass is 374 g/mol. The van der Waals surface area contributed by atoms with E-state index in [9.17, 15) is 13.2 Å². The Bertz CT molecular complexity index is 888. The minimum absolute atomic E-state index is 0.135. The Kier molecular flexibility index (Phi) is 6.62. The lowest BCUT2D eigenvalue weighted by Crippen LogP contribution is -2.09. The third-order valence-corrected chi connectivity index (χ3v) is 4.27. The van der Waals surface area contributed by atoms with Gasteiger partial charge in [-0.25, -0.2) is 13.2 Å². The number of hydrogen-bond donors (Lipinski definition) is 0. The molecule has 2 aromatic carbocycles. The highest BCUT2D eigenvalue weighted by molar-refractivity contribution is 7.90. The van der Waals surface area contributed by atoms with Crippen molar-refractivity contribution >= 4 is 27.2 Å². The Morgan fingerprint density at radius 2 is 1.54 bits per heavy atom. The molecule has 2 aromatic rings. The third-order valence-electron chi connectivity index (χ3n) is 3.15. The highest BCUT2D eigenvalue weighted by Crippen LogP contribution is 2.22. The Balaban J connectivity index is 1.89. The zero-order valence-corrected chi connectivity index (χ0v) is 15.0. The van der Waals surface area contributed by atoms with Crippen LogP contribution in [0.3, 0.4) is 0 Å². The van der Waals surface area contributed by atoms with Crippen molar-refractivity contribution in [3.05, 3.63) is 61.2 Å². The van der Waals surface area contributed by atoms with E-state index in [0.717, 1.165) is 12.3 Å². The molecule has 26 heavy (non-hydrogen) atoms. The first-order valence-electron chi connectivity index (χ1n) is 7.62. The van der Waals surface area contributed by atoms with E-state index in [1.165, 1.54) is 12.1 Å². The molecular weight excluding hydrogens is 356 g/mol. The van der Waals surface area contributed by atoms with Gasteiger partial charge in [-0.3, -0.25) is 0 Å². The Labute approximate surface area is 151 Å². The maximum atomic E-state index is 11.4. The lowest BCUT2D eigenvalue weighted by Gasteiger charge is -2.06. The molecule has 0 aliphatic carbocycles. The number of nitrogens with zero attached hydrogens (tertiary/aromatic N) is 2. The molecule has 0 unspecified atom stereocenters. The summed E-state index contributed by atoms with van der Waals surface area (Å²) in [4.78, 5) is 11.1. The van der Waals surface area contributed by atoms with Crippen molar-refractivity contribution in [1.29, 1.82) is 0 Å². The van der Waals surface area contributed by atoms with Gasteiger partial charge in [0.05, 0.1) is 16.3 Å². The number of esters is 1. The van der Waals surface area contributed by atoms with Gasteiger partial charge in [-0.05, 0) is 48.5 Å². The minimum atomic E-state index is -3.23. The zero-order valence-electron chi connectivity index (χ0n) is 14.2. The van der Waals surface area contributed by atoms with Gasteiger partial charge in [0.1, 0.15) is 19.0 Å². The van der Waals surface area contributed by atoms with Gasteiger partial charge in [-0.15, -0.1) is 0 Å². The fourth-order valence-electron chi connectivity index (χ4n) is 1.85. The van der Waals surface area contributed by atoms with Crippen LogP contribution in [0.4, 0.5) is 11.4 Å². The average Bonchev–Trinajstić information content (AvgIpc) is 2.64. The fourth-order valence-corrected chi connectivity index (χ4v) is 2.48. The second-order valence-corrected chi connectivity index (χ2v) is 7.20. The van der Waals surface area contributed by atoms with Crippen LogP contribution in [0.1, 0.15) is 0 Å². The molecule has 0 N–H and O–H groups in total. The first kappa shape index (κ1) is 19.3. The zero-order chi connectivity index (χ0) is 19.0. The summed E-state index contributed by atoms with van der Waals surface area (Å²) >= 11 is 0. The number of azo groups is 1. The molecular formula is C18H18N2O5S. The SMILES string of the molecule is C=CC(=O)OCCOc1ccc(N=Nc2ccc(S(C)(=O)=O)cc2)cc1. The topological polar surface area (TPSA) is 94.4 Å². The number of carbonyl (C=O) groups is 1. The summed E-state index contributed by atoms with van der Waals surface area (Å²) in [6.45, 7) is 3.66. The van der Waals surface area contributed by atoms with E-state index in [2.05, 4.69) is 16.8 Å². The third kappa shape index (κ3) is 6.14. The van der Waals surface area contributed by atoms with Crippen LogP contribution in [0.5, 0.6) is 5.75 Å². The lowest BCUT2D eigenvalue weighted by atomic mass is 10.3. The van der Waals surface area contributed by atoms with Crippen molar-refractivity contribution in [2.45, 2.75) is 4.90 Å². The number of carbonyl (C=O) groups excluding carboxylic acids is 1. The molecule has 0 spiro atoms. The summed E-state index contributed by atoms with van der Waals surface area (Å²) in [7, 11) is -3.23. The standard InChI is InChI=1S/C18H18N2O5S/c1-3-18(21)25-13-12-24-16-8-4-14(5-9-16)19-20-15-6-10-17(11-7-15)26(2,22)23/h3-11H,1,12-13H2,2H3. The predicted molar refractivity (Wildman–Crippen MR) is 96.8 cm³/mol. The molecule has 136 valence electrons. The maximum absolute atomic E-state index is 11.4. The molecule has 2 rings (SSSR count). The van der Waals surface area contributed by atoms with E-state index in [1.807, 2.05) is 0 Å². The van der Waals surface area contributed by atoms with Crippen LogP contribution in [-0.4, -0.2) is 33.9 Å². The molecule has 0 amide bonds. The summed E-state index contributed by atoms with van der Waals surface area (Å²) < 4.78 is 33.0. The highest BCUT2D eigenvalue weighted by Gasteiger charge is 2.05. The second-order valence-electron chi connectivity index (χ2n) is 5.18. The first-order chi connectivity index (χ1) is 12.4. The Morgan fingerprint density at radius 1 is 1.00 bits per heavy atom. The van der Waals surface area contributed by atoms with Crippen molar-refractivity contribution in [2.75, 3.05) is 19.5 Å². The molecule has 7 nitrogen and oxygen atoms in total. The van der Waals surface area contributed by atoms with Gasteiger partial charge in [-0.1, -0.05) is 6.58 Å². The van der Waals surface area contributed by atoms with Gasteiger partial charge >= 0.3 is 5.97 Å². The molecule has 0 heterocycles. The van der Waals surface area contributed by atoms with E-state index >= 15 is 0 Å². The second kappa shape index (κ2) is 8.91. The molecule has 0 saturated heterocycles. The normalized spacial score (nSPS) is 11.3. The van der Waals surface area contributed by atoms with Crippen molar-refractivity contribution in [3.63, 3.8) is 0 Å². The average molecular weight is 374 g/mol. The molecule has 0 aliphatic rings. The summed E-state index contributed by atoms with van der Waals surface area (Å²) in [6.07, 6.45) is 2.24. The molecule has 0 bridgehead atoms. The van der Waals surface area contributed by atoms with E-state index in [1.54, 1.807) is 36.4 Å². The molecule has 0 aliphatic heterocycles. The molecule has 0 radical (unpaired) electrons. The van der Waals surface area contributed by atoms with E-state index in [-0.39, 0.29) is 18.1 Å². The summed E-state index contributed by atoms with van der Waals surface area (Å²) in [6, 6.07) is 13.0. The van der Waals surface area contributed by atoms with E-state index < -0.39 is 15.8 Å². The highest BCUT2D eigenvalue weighted by atomic mass is 32.2. The molecule has 0 saturated carbocycles. The number of rotatable bonds is 8. The molecule has 0 atom stereocenters. The van der Waals surface area contributed by atoms with Crippen LogP contribution < -0.4 is 4.74 Å². The quantitative estimate of drug-likeness (QED) is 0.304. The van der Waals surface area contributed by atoms with Crippen LogP contribution in [0.25, 0.3) is 0 Å². The molecule has 8 heteroatoms. The van der Waals surface area contributed by atoms with Gasteiger partial charge < -0.3 is 9.47 Å². The Hall–Kier alpha value is -3.00. The van der Waals surface area contributed by atoms with Crippen LogP contribution in [-0.2, 0) is 19.4 Å². The summed E-state index contributed by atoms with van der Waals surface area (Å²) in [5.74, 6) is 0.116. The van der Waals surface area contributed by atoms with Crippen LogP contribution >= 0.6 is 0 Å². The number of sulfone groups is 1. The van der Waals surface area contributed by atoms with Gasteiger partial charge in [-0.2, -0.15) is 10.2 Å². The molecule has 0 fully saturated rings. The van der Waals surface area contributed by atoms with Gasteiger partial charge in [0, 0.05) is 12.3 Å². The van der Waals surface area contributed by atoms with Crippen LogP contribution in [0, 0.1) is 0 Å².